The van der Waals surface area contributed by atoms with E-state index >= 15 is 0 Å². The molecule has 2 aromatic rings. The molecule has 0 saturated heterocycles. The second-order valence-electron chi connectivity index (χ2n) is 2.52. The van der Waals surface area contributed by atoms with E-state index in [2.05, 4.69) is 10.1 Å². The maximum atomic E-state index is 5.64. The molecule has 2 rings (SSSR count). The Morgan fingerprint density at radius 1 is 1.31 bits per heavy atom. The predicted molar refractivity (Wildman–Crippen MR) is 50.8 cm³/mol. The highest BCUT2D eigenvalue weighted by atomic mass is 35.5. The van der Waals surface area contributed by atoms with Crippen LogP contribution in [0, 0.1) is 0 Å². The largest absolute Gasteiger partial charge is 0.382 e. The van der Waals surface area contributed by atoms with Crippen molar-refractivity contribution < 1.29 is 0 Å². The van der Waals surface area contributed by atoms with E-state index in [1.54, 1.807) is 29.2 Å². The molecule has 0 saturated carbocycles. The molecule has 0 aliphatic rings. The molecule has 0 aromatic carbocycles. The highest BCUT2D eigenvalue weighted by Crippen LogP contribution is 2.09. The van der Waals surface area contributed by atoms with Crippen molar-refractivity contribution in [2.24, 2.45) is 0 Å². The van der Waals surface area contributed by atoms with Crippen LogP contribution >= 0.6 is 11.6 Å². The minimum Gasteiger partial charge on any atom is -0.382 e. The van der Waals surface area contributed by atoms with Gasteiger partial charge in [-0.3, -0.25) is 0 Å². The molecule has 0 spiro atoms. The number of nitrogen functional groups attached to an aromatic ring is 1. The second-order valence-corrected chi connectivity index (χ2v) is 2.91. The number of nitrogens with two attached hydrogens (primary N) is 1. The van der Waals surface area contributed by atoms with E-state index in [-0.39, 0.29) is 0 Å². The molecule has 0 fully saturated rings. The van der Waals surface area contributed by atoms with Gasteiger partial charge in [-0.05, 0) is 12.1 Å². The molecule has 0 bridgehead atoms. The van der Waals surface area contributed by atoms with Gasteiger partial charge in [-0.2, -0.15) is 5.10 Å². The lowest BCUT2D eigenvalue weighted by molar-refractivity contribution is 0.879. The molecule has 0 atom stereocenters. The summed E-state index contributed by atoms with van der Waals surface area (Å²) >= 11 is 5.64. The minimum absolute atomic E-state index is 0.462. The summed E-state index contributed by atoms with van der Waals surface area (Å²) in [6, 6.07) is 5.24. The summed E-state index contributed by atoms with van der Waals surface area (Å²) in [7, 11) is 0. The zero-order valence-corrected chi connectivity index (χ0v) is 7.44. The van der Waals surface area contributed by atoms with Crippen molar-refractivity contribution in [1.29, 1.82) is 0 Å². The van der Waals surface area contributed by atoms with E-state index in [4.69, 9.17) is 17.3 Å². The van der Waals surface area contributed by atoms with Crippen molar-refractivity contribution >= 4 is 17.4 Å². The molecule has 0 aliphatic heterocycles. The van der Waals surface area contributed by atoms with Crippen LogP contribution in [0.3, 0.4) is 0 Å². The van der Waals surface area contributed by atoms with E-state index in [1.165, 1.54) is 0 Å². The standard InChI is InChI=1S/C8H7ClN4/c9-7-2-1-6(5-11-7)13-4-3-8(10)12-13/h1-5H,(H2,10,12). The number of anilines is 1. The van der Waals surface area contributed by atoms with E-state index in [9.17, 15) is 0 Å². The summed E-state index contributed by atoms with van der Waals surface area (Å²) in [6.07, 6.45) is 3.40. The predicted octanol–water partition coefficient (Wildman–Crippen LogP) is 1.50. The topological polar surface area (TPSA) is 56.7 Å². The Bertz CT molecular complexity index is 406. The lowest BCUT2D eigenvalue weighted by atomic mass is 10.4. The van der Waals surface area contributed by atoms with Gasteiger partial charge in [0.05, 0.1) is 11.9 Å². The van der Waals surface area contributed by atoms with Gasteiger partial charge in [0.25, 0.3) is 0 Å². The van der Waals surface area contributed by atoms with Crippen LogP contribution in [-0.2, 0) is 0 Å². The lowest BCUT2D eigenvalue weighted by Crippen LogP contribution is -1.96. The zero-order chi connectivity index (χ0) is 9.26. The van der Waals surface area contributed by atoms with Gasteiger partial charge in [-0.25, -0.2) is 9.67 Å². The summed E-state index contributed by atoms with van der Waals surface area (Å²) in [5, 5.41) is 4.48. The summed E-state index contributed by atoms with van der Waals surface area (Å²) < 4.78 is 1.64. The Balaban J connectivity index is 2.41. The fraction of sp³-hybridized carbons (Fsp3) is 0. The Kier molecular flexibility index (Phi) is 1.90. The molecule has 2 N–H and O–H groups in total. The van der Waals surface area contributed by atoms with Crippen molar-refractivity contribution in [3.05, 3.63) is 35.7 Å². The first kappa shape index (κ1) is 8.07. The van der Waals surface area contributed by atoms with Crippen molar-refractivity contribution in [1.82, 2.24) is 14.8 Å². The van der Waals surface area contributed by atoms with Gasteiger partial charge in [0, 0.05) is 12.3 Å². The SMILES string of the molecule is Nc1ccn(-c2ccc(Cl)nc2)n1. The number of hydrogen-bond donors (Lipinski definition) is 1. The normalized spacial score (nSPS) is 10.2. The van der Waals surface area contributed by atoms with Crippen LogP contribution in [0.1, 0.15) is 0 Å². The first-order chi connectivity index (χ1) is 6.25. The number of hydrogen-bond acceptors (Lipinski definition) is 3. The molecule has 2 aromatic heterocycles. The van der Waals surface area contributed by atoms with Crippen LogP contribution < -0.4 is 5.73 Å². The molecular weight excluding hydrogens is 188 g/mol. The van der Waals surface area contributed by atoms with Crippen molar-refractivity contribution in [2.75, 3.05) is 5.73 Å². The number of rotatable bonds is 1. The molecule has 66 valence electrons. The van der Waals surface area contributed by atoms with Crippen molar-refractivity contribution in [2.45, 2.75) is 0 Å². The average molecular weight is 195 g/mol. The first-order valence-corrected chi connectivity index (χ1v) is 4.06. The Labute approximate surface area is 80.0 Å². The van der Waals surface area contributed by atoms with Crippen LogP contribution in [0.2, 0.25) is 5.15 Å². The first-order valence-electron chi connectivity index (χ1n) is 3.69. The second kappa shape index (κ2) is 3.06. The molecule has 13 heavy (non-hydrogen) atoms. The molecule has 0 unspecified atom stereocenters. The molecule has 0 radical (unpaired) electrons. The fourth-order valence-corrected chi connectivity index (χ4v) is 1.10. The lowest BCUT2D eigenvalue weighted by Gasteiger charge is -1.98. The maximum absolute atomic E-state index is 5.64. The summed E-state index contributed by atoms with van der Waals surface area (Å²) in [6.45, 7) is 0. The van der Waals surface area contributed by atoms with Gasteiger partial charge in [0.1, 0.15) is 11.0 Å². The van der Waals surface area contributed by atoms with Crippen molar-refractivity contribution in [3.63, 3.8) is 0 Å². The molecule has 5 heteroatoms. The van der Waals surface area contributed by atoms with Crippen LogP contribution in [0.25, 0.3) is 5.69 Å². The number of halogens is 1. The third kappa shape index (κ3) is 1.62. The zero-order valence-electron chi connectivity index (χ0n) is 6.68. The smallest absolute Gasteiger partial charge is 0.145 e. The van der Waals surface area contributed by atoms with Crippen molar-refractivity contribution in [3.8, 4) is 5.69 Å². The van der Waals surface area contributed by atoms with Crippen LogP contribution in [0.4, 0.5) is 5.82 Å². The van der Waals surface area contributed by atoms with Gasteiger partial charge in [-0.1, -0.05) is 11.6 Å². The fourth-order valence-electron chi connectivity index (χ4n) is 0.985. The third-order valence-electron chi connectivity index (χ3n) is 1.59. The third-order valence-corrected chi connectivity index (χ3v) is 1.81. The molecule has 2 heterocycles. The Morgan fingerprint density at radius 2 is 2.15 bits per heavy atom. The number of nitrogens with zero attached hydrogens (tertiary/aromatic N) is 3. The van der Waals surface area contributed by atoms with Gasteiger partial charge in [-0.15, -0.1) is 0 Å². The number of aromatic nitrogens is 3. The van der Waals surface area contributed by atoms with E-state index in [0.717, 1.165) is 5.69 Å². The van der Waals surface area contributed by atoms with Gasteiger partial charge in [0.2, 0.25) is 0 Å². The number of pyridine rings is 1. The van der Waals surface area contributed by atoms with Gasteiger partial charge >= 0.3 is 0 Å². The monoisotopic (exact) mass is 194 g/mol. The van der Waals surface area contributed by atoms with E-state index in [1.807, 2.05) is 6.07 Å². The summed E-state index contributed by atoms with van der Waals surface area (Å²) in [5.74, 6) is 0.481. The molecule has 0 amide bonds. The average Bonchev–Trinajstić information content (AvgIpc) is 2.53. The maximum Gasteiger partial charge on any atom is 0.145 e. The highest BCUT2D eigenvalue weighted by Gasteiger charge is 1.98. The molecule has 4 nitrogen and oxygen atoms in total. The van der Waals surface area contributed by atoms with E-state index in [0.29, 0.717) is 11.0 Å². The van der Waals surface area contributed by atoms with Crippen LogP contribution in [0.15, 0.2) is 30.6 Å². The van der Waals surface area contributed by atoms with Gasteiger partial charge < -0.3 is 5.73 Å². The summed E-state index contributed by atoms with van der Waals surface area (Å²) in [4.78, 5) is 3.93. The van der Waals surface area contributed by atoms with Crippen LogP contribution in [0.5, 0.6) is 0 Å². The Morgan fingerprint density at radius 3 is 2.69 bits per heavy atom. The Hall–Kier alpha value is -1.55. The minimum atomic E-state index is 0.462. The van der Waals surface area contributed by atoms with Gasteiger partial charge in [0.15, 0.2) is 0 Å². The quantitative estimate of drug-likeness (QED) is 0.700. The molecular formula is C8H7ClN4. The highest BCUT2D eigenvalue weighted by molar-refractivity contribution is 6.29. The summed E-state index contributed by atoms with van der Waals surface area (Å²) in [5.41, 5.74) is 6.30. The van der Waals surface area contributed by atoms with Crippen LogP contribution in [-0.4, -0.2) is 14.8 Å². The van der Waals surface area contributed by atoms with E-state index < -0.39 is 0 Å². The molecule has 0 aliphatic carbocycles.